The van der Waals surface area contributed by atoms with Gasteiger partial charge in [0.1, 0.15) is 0 Å². The topological polar surface area (TPSA) is 36.4 Å². The van der Waals surface area contributed by atoms with E-state index in [4.69, 9.17) is 0 Å². The van der Waals surface area contributed by atoms with Crippen molar-refractivity contribution in [1.29, 1.82) is 0 Å². The molecule has 0 aromatic heterocycles. The molecule has 6 heteroatoms. The largest absolute Gasteiger partial charge is 0.390 e. The van der Waals surface area contributed by atoms with Crippen LogP contribution in [0.4, 0.5) is 13.2 Å². The molecule has 0 spiro atoms. The van der Waals surface area contributed by atoms with Crippen molar-refractivity contribution in [3.63, 3.8) is 0 Å². The third-order valence-electron chi connectivity index (χ3n) is 3.88. The lowest BCUT2D eigenvalue weighted by molar-refractivity contribution is -0.132. The van der Waals surface area contributed by atoms with Crippen LogP contribution in [-0.2, 0) is 0 Å². The van der Waals surface area contributed by atoms with Crippen LogP contribution in [0, 0.1) is 17.8 Å². The van der Waals surface area contributed by atoms with Crippen molar-refractivity contribution in [3.8, 4) is 0 Å². The zero-order valence-electron chi connectivity index (χ0n) is 11.3. The summed E-state index contributed by atoms with van der Waals surface area (Å²) in [5.41, 5.74) is 0. The Morgan fingerprint density at radius 2 is 1.74 bits per heavy atom. The predicted molar refractivity (Wildman–Crippen MR) is 69.0 cm³/mol. The van der Waals surface area contributed by atoms with Gasteiger partial charge in [-0.1, -0.05) is 0 Å². The first-order chi connectivity index (χ1) is 8.99. The van der Waals surface area contributed by atoms with Gasteiger partial charge in [0.05, 0.1) is 6.42 Å². The lowest BCUT2D eigenvalue weighted by Crippen LogP contribution is -2.41. The fraction of sp³-hybridized carbons (Fsp3) is 0.923. The normalized spacial score (nSPS) is 20.8. The Balaban J connectivity index is 1.67. The molecule has 0 aromatic rings. The zero-order valence-corrected chi connectivity index (χ0v) is 11.3. The van der Waals surface area contributed by atoms with Crippen molar-refractivity contribution >= 4 is 5.96 Å². The van der Waals surface area contributed by atoms with Gasteiger partial charge in [0.2, 0.25) is 0 Å². The number of hydrogen-bond acceptors (Lipinski definition) is 1. The second-order valence-electron chi connectivity index (χ2n) is 5.58. The maximum absolute atomic E-state index is 12.1. The number of halogens is 3. The van der Waals surface area contributed by atoms with Gasteiger partial charge in [0, 0.05) is 20.1 Å². The molecule has 2 rings (SSSR count). The van der Waals surface area contributed by atoms with Crippen LogP contribution < -0.4 is 10.6 Å². The summed E-state index contributed by atoms with van der Waals surface area (Å²) >= 11 is 0. The molecule has 0 amide bonds. The van der Waals surface area contributed by atoms with Crippen LogP contribution in [0.5, 0.6) is 0 Å². The molecule has 0 saturated heterocycles. The van der Waals surface area contributed by atoms with E-state index in [9.17, 15) is 13.2 Å². The quantitative estimate of drug-likeness (QED) is 0.578. The first-order valence-corrected chi connectivity index (χ1v) is 7.01. The van der Waals surface area contributed by atoms with Crippen molar-refractivity contribution in [2.75, 3.05) is 20.1 Å². The molecular formula is C13H22F3N3. The van der Waals surface area contributed by atoms with E-state index in [1.165, 1.54) is 25.7 Å². The Morgan fingerprint density at radius 1 is 1.16 bits per heavy atom. The Bertz CT molecular complexity index is 308. The average molecular weight is 277 g/mol. The minimum Gasteiger partial charge on any atom is -0.356 e. The summed E-state index contributed by atoms with van der Waals surface area (Å²) in [6.45, 7) is 0.710. The summed E-state index contributed by atoms with van der Waals surface area (Å²) in [6, 6.07) is 0. The molecule has 0 unspecified atom stereocenters. The van der Waals surface area contributed by atoms with Gasteiger partial charge in [0.25, 0.3) is 0 Å². The van der Waals surface area contributed by atoms with Crippen molar-refractivity contribution in [1.82, 2.24) is 10.6 Å². The third kappa shape index (κ3) is 5.28. The summed E-state index contributed by atoms with van der Waals surface area (Å²) in [4.78, 5) is 3.97. The van der Waals surface area contributed by atoms with Crippen molar-refractivity contribution in [2.24, 2.45) is 22.7 Å². The van der Waals surface area contributed by atoms with Crippen LogP contribution in [0.1, 0.15) is 32.1 Å². The molecule has 2 N–H and O–H groups in total. The van der Waals surface area contributed by atoms with Gasteiger partial charge in [-0.15, -0.1) is 0 Å². The summed E-state index contributed by atoms with van der Waals surface area (Å²) in [6.07, 6.45) is 0.288. The average Bonchev–Trinajstić information content (AvgIpc) is 3.18. The Labute approximate surface area is 112 Å². The van der Waals surface area contributed by atoms with Crippen molar-refractivity contribution < 1.29 is 13.2 Å². The van der Waals surface area contributed by atoms with Crippen molar-refractivity contribution in [3.05, 3.63) is 0 Å². The number of rotatable bonds is 6. The molecule has 2 aliphatic rings. The minimum atomic E-state index is -4.11. The summed E-state index contributed by atoms with van der Waals surface area (Å²) in [7, 11) is 1.59. The van der Waals surface area contributed by atoms with Gasteiger partial charge in [-0.25, -0.2) is 0 Å². The number of guanidine groups is 1. The molecule has 110 valence electrons. The van der Waals surface area contributed by atoms with Crippen LogP contribution in [0.2, 0.25) is 0 Å². The van der Waals surface area contributed by atoms with E-state index >= 15 is 0 Å². The molecular weight excluding hydrogens is 255 g/mol. The SMILES string of the molecule is CN=C(NCCC(F)(F)F)NCC(C1CC1)C1CC1. The number of nitrogens with one attached hydrogen (secondary N) is 2. The van der Waals surface area contributed by atoms with Gasteiger partial charge in [-0.2, -0.15) is 13.2 Å². The van der Waals surface area contributed by atoms with Crippen molar-refractivity contribution in [2.45, 2.75) is 38.3 Å². The Hall–Kier alpha value is -0.940. The minimum absolute atomic E-state index is 0.124. The van der Waals surface area contributed by atoms with E-state index in [1.807, 2.05) is 0 Å². The van der Waals surface area contributed by atoms with Gasteiger partial charge in [-0.3, -0.25) is 4.99 Å². The second kappa shape index (κ2) is 6.01. The summed E-state index contributed by atoms with van der Waals surface area (Å²) in [5, 5.41) is 5.89. The van der Waals surface area contributed by atoms with Gasteiger partial charge < -0.3 is 10.6 Å². The van der Waals surface area contributed by atoms with E-state index in [0.29, 0.717) is 11.9 Å². The van der Waals surface area contributed by atoms with E-state index in [-0.39, 0.29) is 6.54 Å². The lowest BCUT2D eigenvalue weighted by Gasteiger charge is -2.19. The first-order valence-electron chi connectivity index (χ1n) is 7.01. The van der Waals surface area contributed by atoms with Gasteiger partial charge >= 0.3 is 6.18 Å². The number of alkyl halides is 3. The highest BCUT2D eigenvalue weighted by atomic mass is 19.4. The molecule has 0 aliphatic heterocycles. The molecule has 0 heterocycles. The Kier molecular flexibility index (Phi) is 4.58. The van der Waals surface area contributed by atoms with Crippen LogP contribution in [0.3, 0.4) is 0 Å². The maximum Gasteiger partial charge on any atom is 0.390 e. The number of hydrogen-bond donors (Lipinski definition) is 2. The first kappa shape index (κ1) is 14.5. The molecule has 3 nitrogen and oxygen atoms in total. The van der Waals surface area contributed by atoms with E-state index in [2.05, 4.69) is 15.6 Å². The van der Waals surface area contributed by atoms with Crippen LogP contribution >= 0.6 is 0 Å². The Morgan fingerprint density at radius 3 is 2.16 bits per heavy atom. The highest BCUT2D eigenvalue weighted by molar-refractivity contribution is 5.79. The number of nitrogens with zero attached hydrogens (tertiary/aromatic N) is 1. The molecule has 0 bridgehead atoms. The predicted octanol–water partition coefficient (Wildman–Crippen LogP) is 2.54. The highest BCUT2D eigenvalue weighted by Crippen LogP contribution is 2.48. The fourth-order valence-electron chi connectivity index (χ4n) is 2.52. The standard InChI is InChI=1S/C13H22F3N3/c1-17-12(18-7-6-13(14,15)16)19-8-11(9-2-3-9)10-4-5-10/h9-11H,2-8H2,1H3,(H2,17,18,19). The zero-order chi connectivity index (χ0) is 13.9. The molecule has 0 aromatic carbocycles. The van der Waals surface area contributed by atoms with E-state index in [0.717, 1.165) is 18.4 Å². The van der Waals surface area contributed by atoms with Crippen LogP contribution in [0.15, 0.2) is 4.99 Å². The van der Waals surface area contributed by atoms with E-state index < -0.39 is 12.6 Å². The third-order valence-corrected chi connectivity index (χ3v) is 3.88. The molecule has 2 fully saturated rings. The van der Waals surface area contributed by atoms with Crippen LogP contribution in [0.25, 0.3) is 0 Å². The fourth-order valence-corrected chi connectivity index (χ4v) is 2.52. The second-order valence-corrected chi connectivity index (χ2v) is 5.58. The van der Waals surface area contributed by atoms with Gasteiger partial charge in [0.15, 0.2) is 5.96 Å². The van der Waals surface area contributed by atoms with Crippen LogP contribution in [-0.4, -0.2) is 32.3 Å². The molecule has 19 heavy (non-hydrogen) atoms. The highest BCUT2D eigenvalue weighted by Gasteiger charge is 2.41. The maximum atomic E-state index is 12.1. The molecule has 2 aliphatic carbocycles. The smallest absolute Gasteiger partial charge is 0.356 e. The van der Waals surface area contributed by atoms with E-state index in [1.54, 1.807) is 7.05 Å². The van der Waals surface area contributed by atoms with Gasteiger partial charge in [-0.05, 0) is 43.4 Å². The molecule has 0 radical (unpaired) electrons. The molecule has 0 atom stereocenters. The molecule has 2 saturated carbocycles. The summed E-state index contributed by atoms with van der Waals surface area (Å²) < 4.78 is 36.2. The number of aliphatic imine (C=N–C) groups is 1. The lowest BCUT2D eigenvalue weighted by atomic mass is 9.98. The monoisotopic (exact) mass is 277 g/mol. The summed E-state index contributed by atoms with van der Waals surface area (Å²) in [5.74, 6) is 2.82.